The standard InChI is InChI=1S/C55H105N2O6P/c1-6-8-10-12-14-16-18-20-22-24-25-26-27-28-29-30-31-33-34-36-38-40-42-44-46-48-54(58)53(52-63-64(60,61)62-51-50-57(3,4)5)56-55(59)49-47-45-43-41-39-37-35-32-23-21-19-17-15-13-11-9-7-2/h21,23,31,33,38,40,46,48,53-54,58H,6-20,22,24-30,32,34-37,39,41-45,47,49-52H2,1-5H3,(H-,56,59,60,61)/b23-21-,33-31+,40-38+,48-46+. The van der Waals surface area contributed by atoms with Gasteiger partial charge in [0.25, 0.3) is 7.82 Å². The number of amides is 1. The summed E-state index contributed by atoms with van der Waals surface area (Å²) in [6, 6.07) is -0.912. The van der Waals surface area contributed by atoms with Crippen molar-refractivity contribution < 1.29 is 32.9 Å². The molecule has 0 fully saturated rings. The number of carbonyl (C=O) groups excluding carboxylic acids is 1. The Morgan fingerprint density at radius 3 is 1.27 bits per heavy atom. The van der Waals surface area contributed by atoms with Crippen LogP contribution in [0.2, 0.25) is 0 Å². The lowest BCUT2D eigenvalue weighted by atomic mass is 10.0. The van der Waals surface area contributed by atoms with Crippen molar-refractivity contribution in [2.75, 3.05) is 40.9 Å². The molecule has 9 heteroatoms. The number of allylic oxidation sites excluding steroid dienone is 7. The number of hydrogen-bond acceptors (Lipinski definition) is 6. The van der Waals surface area contributed by atoms with Crippen molar-refractivity contribution in [1.82, 2.24) is 5.32 Å². The van der Waals surface area contributed by atoms with Gasteiger partial charge < -0.3 is 28.8 Å². The molecule has 0 aromatic heterocycles. The normalized spacial score (nSPS) is 14.4. The van der Waals surface area contributed by atoms with Crippen LogP contribution in [0, 0.1) is 0 Å². The molecule has 0 aromatic rings. The minimum absolute atomic E-state index is 0.0104. The summed E-state index contributed by atoms with van der Waals surface area (Å²) in [6.45, 7) is 4.63. The van der Waals surface area contributed by atoms with Crippen molar-refractivity contribution in [3.05, 3.63) is 48.6 Å². The van der Waals surface area contributed by atoms with Gasteiger partial charge in [0.15, 0.2) is 0 Å². The molecule has 0 saturated carbocycles. The molecular formula is C55H105N2O6P. The van der Waals surface area contributed by atoms with Gasteiger partial charge in [-0.15, -0.1) is 0 Å². The third-order valence-corrected chi connectivity index (χ3v) is 13.0. The van der Waals surface area contributed by atoms with Crippen LogP contribution in [0.25, 0.3) is 0 Å². The topological polar surface area (TPSA) is 108 Å². The predicted octanol–water partition coefficient (Wildman–Crippen LogP) is 15.3. The van der Waals surface area contributed by atoms with Crippen LogP contribution in [0.15, 0.2) is 48.6 Å². The van der Waals surface area contributed by atoms with Gasteiger partial charge in [-0.05, 0) is 70.6 Å². The first-order chi connectivity index (χ1) is 31.0. The number of unbranched alkanes of at least 4 members (excludes halogenated alkanes) is 30. The first-order valence-electron chi connectivity index (χ1n) is 27.0. The zero-order chi connectivity index (χ0) is 47.1. The minimum Gasteiger partial charge on any atom is -0.756 e. The van der Waals surface area contributed by atoms with E-state index in [2.05, 4.69) is 55.6 Å². The summed E-state index contributed by atoms with van der Waals surface area (Å²) in [6.07, 6.45) is 60.4. The second kappa shape index (κ2) is 46.6. The second-order valence-corrected chi connectivity index (χ2v) is 21.0. The summed E-state index contributed by atoms with van der Waals surface area (Å²) in [5, 5.41) is 13.8. The van der Waals surface area contributed by atoms with E-state index in [9.17, 15) is 19.4 Å². The molecule has 0 bridgehead atoms. The van der Waals surface area contributed by atoms with Gasteiger partial charge >= 0.3 is 0 Å². The number of nitrogens with one attached hydrogen (secondary N) is 1. The number of phosphoric ester groups is 1. The highest BCUT2D eigenvalue weighted by Gasteiger charge is 2.23. The Balaban J connectivity index is 4.34. The van der Waals surface area contributed by atoms with E-state index < -0.39 is 26.6 Å². The fraction of sp³-hybridized carbons (Fsp3) is 0.836. The van der Waals surface area contributed by atoms with E-state index in [1.807, 2.05) is 27.2 Å². The van der Waals surface area contributed by atoms with Crippen LogP contribution in [0.5, 0.6) is 0 Å². The van der Waals surface area contributed by atoms with Crippen molar-refractivity contribution in [2.45, 2.75) is 257 Å². The lowest BCUT2D eigenvalue weighted by Gasteiger charge is -2.29. The highest BCUT2D eigenvalue weighted by atomic mass is 31.2. The van der Waals surface area contributed by atoms with E-state index >= 15 is 0 Å². The minimum atomic E-state index is -4.61. The van der Waals surface area contributed by atoms with Gasteiger partial charge in [-0.1, -0.05) is 217 Å². The summed E-state index contributed by atoms with van der Waals surface area (Å²) in [7, 11) is 1.23. The van der Waals surface area contributed by atoms with Gasteiger partial charge in [0.2, 0.25) is 5.91 Å². The summed E-state index contributed by atoms with van der Waals surface area (Å²) in [4.78, 5) is 25.4. The summed E-state index contributed by atoms with van der Waals surface area (Å²) in [5.41, 5.74) is 0. The molecule has 0 aliphatic heterocycles. The molecule has 0 aliphatic carbocycles. The number of quaternary nitrogens is 1. The van der Waals surface area contributed by atoms with Crippen LogP contribution >= 0.6 is 7.82 Å². The van der Waals surface area contributed by atoms with Crippen molar-refractivity contribution in [2.24, 2.45) is 0 Å². The van der Waals surface area contributed by atoms with Crippen LogP contribution in [-0.4, -0.2) is 68.5 Å². The van der Waals surface area contributed by atoms with E-state index in [1.165, 1.54) is 180 Å². The zero-order valence-electron chi connectivity index (χ0n) is 42.7. The number of aliphatic hydroxyl groups excluding tert-OH is 1. The molecule has 0 spiro atoms. The largest absolute Gasteiger partial charge is 0.756 e. The molecule has 0 aromatic carbocycles. The fourth-order valence-corrected chi connectivity index (χ4v) is 8.43. The van der Waals surface area contributed by atoms with E-state index in [1.54, 1.807) is 6.08 Å². The molecule has 0 heterocycles. The number of likely N-dealkylation sites (N-methyl/N-ethyl adjacent to an activating group) is 1. The Hall–Kier alpha value is -1.54. The molecule has 1 amide bonds. The molecule has 376 valence electrons. The highest BCUT2D eigenvalue weighted by Crippen LogP contribution is 2.38. The highest BCUT2D eigenvalue weighted by molar-refractivity contribution is 7.45. The number of nitrogens with zero attached hydrogens (tertiary/aromatic N) is 1. The Morgan fingerprint density at radius 2 is 0.875 bits per heavy atom. The van der Waals surface area contributed by atoms with Crippen LogP contribution < -0.4 is 10.2 Å². The van der Waals surface area contributed by atoms with Gasteiger partial charge in [0.05, 0.1) is 39.9 Å². The fourth-order valence-electron chi connectivity index (χ4n) is 7.71. The molecule has 3 atom stereocenters. The third kappa shape index (κ3) is 48.4. The van der Waals surface area contributed by atoms with Crippen molar-refractivity contribution in [3.63, 3.8) is 0 Å². The lowest BCUT2D eigenvalue weighted by Crippen LogP contribution is -2.45. The summed E-state index contributed by atoms with van der Waals surface area (Å²) < 4.78 is 23.3. The van der Waals surface area contributed by atoms with E-state index in [-0.39, 0.29) is 12.5 Å². The summed E-state index contributed by atoms with van der Waals surface area (Å²) >= 11 is 0. The maximum atomic E-state index is 12.9. The average Bonchev–Trinajstić information content (AvgIpc) is 3.25. The predicted molar refractivity (Wildman–Crippen MR) is 274 cm³/mol. The number of aliphatic hydroxyl groups is 1. The Kier molecular flexibility index (Phi) is 45.4. The van der Waals surface area contributed by atoms with Crippen LogP contribution in [0.3, 0.4) is 0 Å². The van der Waals surface area contributed by atoms with Crippen molar-refractivity contribution in [3.8, 4) is 0 Å². The Morgan fingerprint density at radius 1 is 0.531 bits per heavy atom. The van der Waals surface area contributed by atoms with E-state index in [4.69, 9.17) is 9.05 Å². The third-order valence-electron chi connectivity index (χ3n) is 12.0. The second-order valence-electron chi connectivity index (χ2n) is 19.6. The van der Waals surface area contributed by atoms with Gasteiger partial charge in [0.1, 0.15) is 13.2 Å². The number of phosphoric acid groups is 1. The lowest BCUT2D eigenvalue weighted by molar-refractivity contribution is -0.870. The Bertz CT molecular complexity index is 1180. The summed E-state index contributed by atoms with van der Waals surface area (Å²) in [5.74, 6) is -0.215. The van der Waals surface area contributed by atoms with Gasteiger partial charge in [-0.2, -0.15) is 0 Å². The van der Waals surface area contributed by atoms with Crippen molar-refractivity contribution in [1.29, 1.82) is 0 Å². The van der Waals surface area contributed by atoms with Crippen LogP contribution in [0.1, 0.15) is 245 Å². The quantitative estimate of drug-likeness (QED) is 0.0272. The zero-order valence-corrected chi connectivity index (χ0v) is 43.6. The number of hydrogen-bond donors (Lipinski definition) is 2. The first-order valence-corrected chi connectivity index (χ1v) is 28.5. The van der Waals surface area contributed by atoms with Gasteiger partial charge in [-0.3, -0.25) is 9.36 Å². The molecule has 8 nitrogen and oxygen atoms in total. The van der Waals surface area contributed by atoms with Gasteiger partial charge in [0, 0.05) is 6.42 Å². The number of rotatable bonds is 49. The van der Waals surface area contributed by atoms with Crippen LogP contribution in [0.4, 0.5) is 0 Å². The molecule has 0 rings (SSSR count). The van der Waals surface area contributed by atoms with Crippen molar-refractivity contribution >= 4 is 13.7 Å². The first kappa shape index (κ1) is 62.5. The van der Waals surface area contributed by atoms with E-state index in [0.29, 0.717) is 17.4 Å². The molecule has 0 aliphatic rings. The maximum absolute atomic E-state index is 12.9. The smallest absolute Gasteiger partial charge is 0.268 e. The molecular weight excluding hydrogens is 816 g/mol. The SMILES string of the molecule is CCCCCCCC/C=C\CCCCCCCCCC(=O)NC(COP(=O)([O-])OCC[N+](C)(C)C)C(O)/C=C/CC/C=C/CC/C=C/CCCCCCCCCCCCCCCCC. The molecule has 64 heavy (non-hydrogen) atoms. The number of carbonyl (C=O) groups is 1. The molecule has 0 saturated heterocycles. The van der Waals surface area contributed by atoms with Gasteiger partial charge in [-0.25, -0.2) is 0 Å². The average molecular weight is 921 g/mol. The molecule has 2 N–H and O–H groups in total. The van der Waals surface area contributed by atoms with E-state index in [0.717, 1.165) is 44.9 Å². The van der Waals surface area contributed by atoms with Crippen LogP contribution in [-0.2, 0) is 18.4 Å². The maximum Gasteiger partial charge on any atom is 0.268 e. The molecule has 0 radical (unpaired) electrons. The monoisotopic (exact) mass is 921 g/mol. The Labute approximate surface area is 397 Å². The molecule has 3 unspecified atom stereocenters.